The van der Waals surface area contributed by atoms with Crippen molar-refractivity contribution in [2.24, 2.45) is 0 Å². The molecule has 2 heterocycles. The van der Waals surface area contributed by atoms with Gasteiger partial charge in [0.15, 0.2) is 0 Å². The Morgan fingerprint density at radius 1 is 1.28 bits per heavy atom. The maximum absolute atomic E-state index is 12.7. The highest BCUT2D eigenvalue weighted by molar-refractivity contribution is 8.26. The molecule has 1 aromatic heterocycles. The van der Waals surface area contributed by atoms with Crippen LogP contribution in [0.1, 0.15) is 11.3 Å². The molecular formula is C16H11F3N2O2S2. The summed E-state index contributed by atoms with van der Waals surface area (Å²) < 4.78 is 43.7. The number of furan rings is 1. The molecule has 9 heteroatoms. The summed E-state index contributed by atoms with van der Waals surface area (Å²) in [6.07, 6.45) is -1.36. The molecule has 25 heavy (non-hydrogen) atoms. The summed E-state index contributed by atoms with van der Waals surface area (Å²) in [7, 11) is 0. The number of hydrogen-bond acceptors (Lipinski definition) is 5. The molecule has 1 aliphatic rings. The van der Waals surface area contributed by atoms with Gasteiger partial charge < -0.3 is 9.73 Å². The quantitative estimate of drug-likeness (QED) is 0.618. The number of alkyl halides is 3. The highest BCUT2D eigenvalue weighted by Crippen LogP contribution is 2.33. The number of amides is 1. The third kappa shape index (κ3) is 4.05. The van der Waals surface area contributed by atoms with Crippen molar-refractivity contribution in [3.05, 3.63) is 58.9 Å². The molecule has 1 aliphatic heterocycles. The van der Waals surface area contributed by atoms with E-state index in [9.17, 15) is 18.0 Å². The first-order valence-corrected chi connectivity index (χ1v) is 8.27. The number of anilines is 1. The van der Waals surface area contributed by atoms with Gasteiger partial charge in [-0.25, -0.2) is 0 Å². The van der Waals surface area contributed by atoms with E-state index in [-0.39, 0.29) is 18.3 Å². The molecular weight excluding hydrogens is 373 g/mol. The van der Waals surface area contributed by atoms with Crippen molar-refractivity contribution in [1.82, 2.24) is 4.90 Å². The van der Waals surface area contributed by atoms with E-state index in [1.807, 2.05) is 0 Å². The van der Waals surface area contributed by atoms with Gasteiger partial charge in [-0.15, -0.1) is 0 Å². The van der Waals surface area contributed by atoms with Gasteiger partial charge in [0.05, 0.1) is 23.4 Å². The van der Waals surface area contributed by atoms with Crippen LogP contribution in [-0.2, 0) is 11.0 Å². The van der Waals surface area contributed by atoms with E-state index in [4.69, 9.17) is 16.6 Å². The van der Waals surface area contributed by atoms with Crippen LogP contribution in [0.4, 0.5) is 18.9 Å². The monoisotopic (exact) mass is 384 g/mol. The summed E-state index contributed by atoms with van der Waals surface area (Å²) in [5.41, 5.74) is -0.514. The second kappa shape index (κ2) is 6.93. The number of carbonyl (C=O) groups is 1. The number of hydrogen-bond donors (Lipinski definition) is 1. The van der Waals surface area contributed by atoms with Crippen molar-refractivity contribution >= 4 is 46.0 Å². The van der Waals surface area contributed by atoms with Gasteiger partial charge in [-0.05, 0) is 30.3 Å². The SMILES string of the molecule is O=C1C(=Cc2ccco2)SC(=S)N1CNc1cccc(C(F)(F)F)c1. The summed E-state index contributed by atoms with van der Waals surface area (Å²) >= 11 is 6.28. The number of nitrogens with one attached hydrogen (secondary N) is 1. The molecule has 0 radical (unpaired) electrons. The molecule has 4 nitrogen and oxygen atoms in total. The van der Waals surface area contributed by atoms with Gasteiger partial charge in [0.2, 0.25) is 0 Å². The Balaban J connectivity index is 1.69. The summed E-state index contributed by atoms with van der Waals surface area (Å²) in [6.45, 7) is -0.0263. The summed E-state index contributed by atoms with van der Waals surface area (Å²) in [6, 6.07) is 8.15. The predicted molar refractivity (Wildman–Crippen MR) is 93.7 cm³/mol. The molecule has 1 fully saturated rings. The fraction of sp³-hybridized carbons (Fsp3) is 0.125. The van der Waals surface area contributed by atoms with Crippen LogP contribution in [0.25, 0.3) is 6.08 Å². The van der Waals surface area contributed by atoms with Crippen molar-refractivity contribution in [2.45, 2.75) is 6.18 Å². The minimum absolute atomic E-state index is 0.0263. The first kappa shape index (κ1) is 17.6. The molecule has 0 atom stereocenters. The van der Waals surface area contributed by atoms with Gasteiger partial charge in [-0.3, -0.25) is 9.69 Å². The maximum Gasteiger partial charge on any atom is 0.416 e. The summed E-state index contributed by atoms with van der Waals surface area (Å²) in [4.78, 5) is 14.1. The molecule has 130 valence electrons. The molecule has 0 spiro atoms. The van der Waals surface area contributed by atoms with Crippen LogP contribution >= 0.6 is 24.0 Å². The van der Waals surface area contributed by atoms with Crippen LogP contribution in [0.5, 0.6) is 0 Å². The van der Waals surface area contributed by atoms with E-state index < -0.39 is 11.7 Å². The topological polar surface area (TPSA) is 45.5 Å². The third-order valence-electron chi connectivity index (χ3n) is 3.32. The standard InChI is InChI=1S/C16H11F3N2O2S2/c17-16(18,19)10-3-1-4-11(7-10)20-9-21-14(22)13(25-15(21)24)8-12-5-2-6-23-12/h1-8,20H,9H2. The fourth-order valence-electron chi connectivity index (χ4n) is 2.11. The van der Waals surface area contributed by atoms with E-state index in [1.54, 1.807) is 18.2 Å². The Hall–Kier alpha value is -2.26. The van der Waals surface area contributed by atoms with E-state index in [0.717, 1.165) is 23.9 Å². The van der Waals surface area contributed by atoms with Crippen LogP contribution in [0.2, 0.25) is 0 Å². The number of rotatable bonds is 4. The Kier molecular flexibility index (Phi) is 4.87. The number of benzene rings is 1. The lowest BCUT2D eigenvalue weighted by atomic mass is 10.2. The maximum atomic E-state index is 12.7. The van der Waals surface area contributed by atoms with Gasteiger partial charge in [-0.1, -0.05) is 30.0 Å². The second-order valence-electron chi connectivity index (χ2n) is 5.04. The zero-order chi connectivity index (χ0) is 18.0. The highest BCUT2D eigenvalue weighted by Gasteiger charge is 2.33. The molecule has 0 bridgehead atoms. The molecule has 1 saturated heterocycles. The van der Waals surface area contributed by atoms with Gasteiger partial charge >= 0.3 is 6.18 Å². The number of halogens is 3. The number of thiocarbonyl (C=S) groups is 1. The highest BCUT2D eigenvalue weighted by atomic mass is 32.2. The minimum atomic E-state index is -4.43. The fourth-order valence-corrected chi connectivity index (χ4v) is 3.35. The Labute approximate surface area is 150 Å². The van der Waals surface area contributed by atoms with Crippen molar-refractivity contribution in [3.63, 3.8) is 0 Å². The first-order valence-electron chi connectivity index (χ1n) is 7.04. The van der Waals surface area contributed by atoms with Crippen molar-refractivity contribution in [1.29, 1.82) is 0 Å². The van der Waals surface area contributed by atoms with Crippen LogP contribution in [-0.4, -0.2) is 21.8 Å². The number of nitrogens with zero attached hydrogens (tertiary/aromatic N) is 1. The predicted octanol–water partition coefficient (Wildman–Crippen LogP) is 4.57. The van der Waals surface area contributed by atoms with E-state index in [1.165, 1.54) is 23.3 Å². The molecule has 3 rings (SSSR count). The normalized spacial score (nSPS) is 16.8. The van der Waals surface area contributed by atoms with Crippen molar-refractivity contribution in [2.75, 3.05) is 12.0 Å². The lowest BCUT2D eigenvalue weighted by Gasteiger charge is -2.17. The van der Waals surface area contributed by atoms with Crippen molar-refractivity contribution < 1.29 is 22.4 Å². The second-order valence-corrected chi connectivity index (χ2v) is 6.71. The van der Waals surface area contributed by atoms with Crippen LogP contribution < -0.4 is 5.32 Å². The molecule has 1 N–H and O–H groups in total. The van der Waals surface area contributed by atoms with E-state index in [0.29, 0.717) is 15.0 Å². The zero-order valence-electron chi connectivity index (χ0n) is 12.5. The minimum Gasteiger partial charge on any atom is -0.465 e. The van der Waals surface area contributed by atoms with Gasteiger partial charge in [0.25, 0.3) is 5.91 Å². The molecule has 1 aromatic carbocycles. The Morgan fingerprint density at radius 2 is 2.08 bits per heavy atom. The Bertz CT molecular complexity index is 832. The molecule has 1 amide bonds. The number of carbonyl (C=O) groups excluding carboxylic acids is 1. The third-order valence-corrected chi connectivity index (χ3v) is 4.70. The van der Waals surface area contributed by atoms with Gasteiger partial charge in [0.1, 0.15) is 10.1 Å². The van der Waals surface area contributed by atoms with E-state index >= 15 is 0 Å². The van der Waals surface area contributed by atoms with Crippen LogP contribution in [0.3, 0.4) is 0 Å². The lowest BCUT2D eigenvalue weighted by Crippen LogP contribution is -2.33. The first-order chi connectivity index (χ1) is 11.8. The van der Waals surface area contributed by atoms with Gasteiger partial charge in [0, 0.05) is 11.8 Å². The molecule has 0 saturated carbocycles. The van der Waals surface area contributed by atoms with E-state index in [2.05, 4.69) is 5.32 Å². The largest absolute Gasteiger partial charge is 0.465 e. The smallest absolute Gasteiger partial charge is 0.416 e. The average Bonchev–Trinajstić information content (AvgIpc) is 3.15. The molecule has 0 aliphatic carbocycles. The Morgan fingerprint density at radius 3 is 2.76 bits per heavy atom. The molecule has 0 unspecified atom stereocenters. The average molecular weight is 384 g/mol. The molecule has 2 aromatic rings. The number of thioether (sulfide) groups is 1. The summed E-state index contributed by atoms with van der Waals surface area (Å²) in [5.74, 6) is 0.192. The lowest BCUT2D eigenvalue weighted by molar-refractivity contribution is -0.137. The summed E-state index contributed by atoms with van der Waals surface area (Å²) in [5, 5.41) is 2.79. The van der Waals surface area contributed by atoms with Gasteiger partial charge in [-0.2, -0.15) is 13.2 Å². The van der Waals surface area contributed by atoms with Crippen molar-refractivity contribution in [3.8, 4) is 0 Å². The van der Waals surface area contributed by atoms with Crippen LogP contribution in [0.15, 0.2) is 52.0 Å². The van der Waals surface area contributed by atoms with Crippen LogP contribution in [0, 0.1) is 0 Å². The zero-order valence-corrected chi connectivity index (χ0v) is 14.2.